The zero-order valence-electron chi connectivity index (χ0n) is 14.8. The van der Waals surface area contributed by atoms with Crippen LogP contribution in [-0.2, 0) is 4.79 Å². The first-order valence-corrected chi connectivity index (χ1v) is 7.99. The lowest BCUT2D eigenvalue weighted by molar-refractivity contribution is -0.112. The Balaban J connectivity index is 2.23. The highest BCUT2D eigenvalue weighted by Crippen LogP contribution is 2.29. The van der Waals surface area contributed by atoms with Gasteiger partial charge in [-0.05, 0) is 48.4 Å². The summed E-state index contributed by atoms with van der Waals surface area (Å²) in [5.41, 5.74) is 2.31. The largest absolute Gasteiger partial charge is 0.493 e. The fourth-order valence-corrected chi connectivity index (χ4v) is 2.28. The molecule has 0 saturated carbocycles. The first-order valence-electron chi connectivity index (χ1n) is 7.99. The quantitative estimate of drug-likeness (QED) is 0.464. The molecule has 1 amide bonds. The van der Waals surface area contributed by atoms with Crippen LogP contribution in [0.3, 0.4) is 0 Å². The van der Waals surface area contributed by atoms with Gasteiger partial charge in [0.05, 0.1) is 7.11 Å². The van der Waals surface area contributed by atoms with E-state index in [0.29, 0.717) is 29.4 Å². The number of nitrogens with zero attached hydrogens (tertiary/aromatic N) is 1. The summed E-state index contributed by atoms with van der Waals surface area (Å²) >= 11 is 0. The number of rotatable bonds is 7. The molecule has 26 heavy (non-hydrogen) atoms. The number of aryl methyl sites for hydroxylation is 1. The molecular weight excluding hydrogens is 328 g/mol. The van der Waals surface area contributed by atoms with Gasteiger partial charge in [0, 0.05) is 5.69 Å². The van der Waals surface area contributed by atoms with Gasteiger partial charge in [-0.25, -0.2) is 0 Å². The highest BCUT2D eigenvalue weighted by Gasteiger charge is 2.11. The Bertz CT molecular complexity index is 879. The van der Waals surface area contributed by atoms with Crippen LogP contribution in [0.1, 0.15) is 11.1 Å². The Hall–Kier alpha value is -3.52. The summed E-state index contributed by atoms with van der Waals surface area (Å²) in [7, 11) is 1.53. The molecule has 0 aliphatic heterocycles. The molecule has 132 valence electrons. The van der Waals surface area contributed by atoms with Crippen molar-refractivity contribution in [1.29, 1.82) is 5.26 Å². The molecular formula is C21H20N2O3. The predicted molar refractivity (Wildman–Crippen MR) is 102 cm³/mol. The number of carbonyl (C=O) groups excluding carboxylic acids is 1. The molecule has 0 spiro atoms. The van der Waals surface area contributed by atoms with Gasteiger partial charge in [-0.1, -0.05) is 30.9 Å². The minimum Gasteiger partial charge on any atom is -0.493 e. The average molecular weight is 348 g/mol. The van der Waals surface area contributed by atoms with Gasteiger partial charge in [0.1, 0.15) is 18.2 Å². The number of nitriles is 1. The second-order valence-corrected chi connectivity index (χ2v) is 5.50. The van der Waals surface area contributed by atoms with E-state index in [1.807, 2.05) is 31.2 Å². The lowest BCUT2D eigenvalue weighted by atomic mass is 10.1. The SMILES string of the molecule is C=CCOc1ccc(/C=C(/C#N)C(=O)Nc2cccc(C)c2)cc1OC. The first kappa shape index (κ1) is 18.8. The van der Waals surface area contributed by atoms with Gasteiger partial charge in [-0.2, -0.15) is 5.26 Å². The molecule has 2 rings (SSSR count). The number of carbonyl (C=O) groups is 1. The molecule has 0 aliphatic carbocycles. The van der Waals surface area contributed by atoms with Gasteiger partial charge in [-0.3, -0.25) is 4.79 Å². The third-order valence-electron chi connectivity index (χ3n) is 3.50. The number of amides is 1. The number of methoxy groups -OCH3 is 1. The number of hydrogen-bond donors (Lipinski definition) is 1. The van der Waals surface area contributed by atoms with Crippen molar-refractivity contribution in [3.05, 3.63) is 71.8 Å². The van der Waals surface area contributed by atoms with Crippen molar-refractivity contribution in [3.63, 3.8) is 0 Å². The molecule has 5 nitrogen and oxygen atoms in total. The van der Waals surface area contributed by atoms with Gasteiger partial charge >= 0.3 is 0 Å². The number of benzene rings is 2. The van der Waals surface area contributed by atoms with E-state index < -0.39 is 5.91 Å². The first-order chi connectivity index (χ1) is 12.6. The summed E-state index contributed by atoms with van der Waals surface area (Å²) in [5, 5.41) is 12.1. The summed E-state index contributed by atoms with van der Waals surface area (Å²) < 4.78 is 10.8. The molecule has 5 heteroatoms. The zero-order chi connectivity index (χ0) is 18.9. The van der Waals surface area contributed by atoms with E-state index in [2.05, 4.69) is 11.9 Å². The zero-order valence-corrected chi connectivity index (χ0v) is 14.8. The fourth-order valence-electron chi connectivity index (χ4n) is 2.28. The molecule has 2 aromatic rings. The van der Waals surface area contributed by atoms with Gasteiger partial charge in [-0.15, -0.1) is 0 Å². The molecule has 1 N–H and O–H groups in total. The molecule has 0 heterocycles. The van der Waals surface area contributed by atoms with E-state index in [4.69, 9.17) is 9.47 Å². The summed E-state index contributed by atoms with van der Waals surface area (Å²) in [6.45, 7) is 5.89. The lowest BCUT2D eigenvalue weighted by Gasteiger charge is -2.10. The second kappa shape index (κ2) is 9.09. The number of hydrogen-bond acceptors (Lipinski definition) is 4. The lowest BCUT2D eigenvalue weighted by Crippen LogP contribution is -2.13. The minimum absolute atomic E-state index is 0.00619. The van der Waals surface area contributed by atoms with Crippen LogP contribution >= 0.6 is 0 Å². The normalized spacial score (nSPS) is 10.6. The fraction of sp³-hybridized carbons (Fsp3) is 0.143. The molecule has 0 radical (unpaired) electrons. The molecule has 0 bridgehead atoms. The highest BCUT2D eigenvalue weighted by molar-refractivity contribution is 6.09. The van der Waals surface area contributed by atoms with Crippen LogP contribution in [0.5, 0.6) is 11.5 Å². The van der Waals surface area contributed by atoms with Crippen LogP contribution in [0.25, 0.3) is 6.08 Å². The molecule has 0 unspecified atom stereocenters. The molecule has 0 saturated heterocycles. The van der Waals surface area contributed by atoms with Crippen molar-refractivity contribution in [2.75, 3.05) is 19.0 Å². The summed E-state index contributed by atoms with van der Waals surface area (Å²) in [5.74, 6) is 0.605. The van der Waals surface area contributed by atoms with Crippen LogP contribution < -0.4 is 14.8 Å². The van der Waals surface area contributed by atoms with E-state index in [9.17, 15) is 10.1 Å². The van der Waals surface area contributed by atoms with Crippen LogP contribution in [0, 0.1) is 18.3 Å². The van der Waals surface area contributed by atoms with Crippen molar-refractivity contribution in [2.45, 2.75) is 6.92 Å². The van der Waals surface area contributed by atoms with E-state index in [0.717, 1.165) is 5.56 Å². The Morgan fingerprint density at radius 1 is 1.27 bits per heavy atom. The summed E-state index contributed by atoms with van der Waals surface area (Å²) in [4.78, 5) is 12.4. The number of anilines is 1. The van der Waals surface area contributed by atoms with Gasteiger partial charge in [0.2, 0.25) is 0 Å². The van der Waals surface area contributed by atoms with Gasteiger partial charge in [0.25, 0.3) is 5.91 Å². The highest BCUT2D eigenvalue weighted by atomic mass is 16.5. The number of nitrogens with one attached hydrogen (secondary N) is 1. The average Bonchev–Trinajstić information content (AvgIpc) is 2.64. The molecule has 0 aliphatic rings. The van der Waals surface area contributed by atoms with Crippen LogP contribution in [0.4, 0.5) is 5.69 Å². The van der Waals surface area contributed by atoms with E-state index in [-0.39, 0.29) is 5.57 Å². The van der Waals surface area contributed by atoms with E-state index in [1.54, 1.807) is 30.3 Å². The molecule has 0 aromatic heterocycles. The topological polar surface area (TPSA) is 71.3 Å². The van der Waals surface area contributed by atoms with Crippen molar-refractivity contribution in [1.82, 2.24) is 0 Å². The number of ether oxygens (including phenoxy) is 2. The molecule has 2 aromatic carbocycles. The van der Waals surface area contributed by atoms with Gasteiger partial charge < -0.3 is 14.8 Å². The van der Waals surface area contributed by atoms with E-state index >= 15 is 0 Å². The van der Waals surface area contributed by atoms with Crippen molar-refractivity contribution >= 4 is 17.7 Å². The molecule has 0 fully saturated rings. The Morgan fingerprint density at radius 3 is 2.73 bits per heavy atom. The van der Waals surface area contributed by atoms with Crippen LogP contribution in [-0.4, -0.2) is 19.6 Å². The molecule has 0 atom stereocenters. The second-order valence-electron chi connectivity index (χ2n) is 5.50. The standard InChI is InChI=1S/C21H20N2O3/c1-4-10-26-19-9-8-16(13-20(19)25-3)12-17(14-22)21(24)23-18-7-5-6-15(2)11-18/h4-9,11-13H,1,10H2,2-3H3,(H,23,24)/b17-12-. The Labute approximate surface area is 153 Å². The maximum absolute atomic E-state index is 12.4. The van der Waals surface area contributed by atoms with Crippen LogP contribution in [0.2, 0.25) is 0 Å². The predicted octanol–water partition coefficient (Wildman–Crippen LogP) is 4.11. The van der Waals surface area contributed by atoms with Gasteiger partial charge in [0.15, 0.2) is 11.5 Å². The Morgan fingerprint density at radius 2 is 2.08 bits per heavy atom. The van der Waals surface area contributed by atoms with Crippen LogP contribution in [0.15, 0.2) is 60.7 Å². The van der Waals surface area contributed by atoms with E-state index in [1.165, 1.54) is 13.2 Å². The third-order valence-corrected chi connectivity index (χ3v) is 3.50. The maximum Gasteiger partial charge on any atom is 0.266 e. The monoisotopic (exact) mass is 348 g/mol. The third kappa shape index (κ3) is 4.99. The smallest absolute Gasteiger partial charge is 0.266 e. The minimum atomic E-state index is -0.468. The maximum atomic E-state index is 12.4. The van der Waals surface area contributed by atoms with Crippen molar-refractivity contribution < 1.29 is 14.3 Å². The van der Waals surface area contributed by atoms with Crippen molar-refractivity contribution in [2.24, 2.45) is 0 Å². The Kier molecular flexibility index (Phi) is 6.58. The van der Waals surface area contributed by atoms with Crippen molar-refractivity contribution in [3.8, 4) is 17.6 Å². The summed E-state index contributed by atoms with van der Waals surface area (Å²) in [6, 6.07) is 14.5. The summed E-state index contributed by atoms with van der Waals surface area (Å²) in [6.07, 6.45) is 3.14.